The average molecular weight is 310 g/mol. The molecule has 1 aromatic carbocycles. The first-order valence-electron chi connectivity index (χ1n) is 4.89. The lowest BCUT2D eigenvalue weighted by molar-refractivity contribution is -0.385. The Kier molecular flexibility index (Phi) is 3.42. The molecule has 18 heavy (non-hydrogen) atoms. The van der Waals surface area contributed by atoms with Gasteiger partial charge < -0.3 is 10.5 Å². The van der Waals surface area contributed by atoms with Gasteiger partial charge in [0.25, 0.3) is 0 Å². The van der Waals surface area contributed by atoms with Crippen LogP contribution < -0.4 is 10.5 Å². The second kappa shape index (κ2) is 5.01. The lowest BCUT2D eigenvalue weighted by Crippen LogP contribution is -1.95. The van der Waals surface area contributed by atoms with E-state index in [1.807, 2.05) is 0 Å². The Morgan fingerprint density at radius 3 is 2.72 bits per heavy atom. The lowest BCUT2D eigenvalue weighted by Gasteiger charge is -2.05. The van der Waals surface area contributed by atoms with Gasteiger partial charge in [0.1, 0.15) is 0 Å². The van der Waals surface area contributed by atoms with Crippen LogP contribution in [0.15, 0.2) is 41.0 Å². The van der Waals surface area contributed by atoms with Gasteiger partial charge in [0.05, 0.1) is 16.8 Å². The summed E-state index contributed by atoms with van der Waals surface area (Å²) in [5.41, 5.74) is 5.84. The number of benzene rings is 1. The van der Waals surface area contributed by atoms with Gasteiger partial charge in [0, 0.05) is 16.6 Å². The number of nitro groups is 1. The molecule has 0 spiro atoms. The summed E-state index contributed by atoms with van der Waals surface area (Å²) in [6.07, 6.45) is 1.42. The first-order chi connectivity index (χ1) is 8.56. The summed E-state index contributed by atoms with van der Waals surface area (Å²) in [6.45, 7) is 0. The van der Waals surface area contributed by atoms with E-state index < -0.39 is 4.92 Å². The maximum atomic E-state index is 10.9. The molecule has 2 N–H and O–H groups in total. The van der Waals surface area contributed by atoms with E-state index in [-0.39, 0.29) is 17.3 Å². The van der Waals surface area contributed by atoms with Gasteiger partial charge in [0.15, 0.2) is 0 Å². The van der Waals surface area contributed by atoms with Gasteiger partial charge in [-0.2, -0.15) is 0 Å². The molecule has 0 amide bonds. The minimum Gasteiger partial charge on any atom is -0.432 e. The van der Waals surface area contributed by atoms with Crippen LogP contribution in [0.25, 0.3) is 0 Å². The molecule has 2 rings (SSSR count). The smallest absolute Gasteiger partial charge is 0.312 e. The van der Waals surface area contributed by atoms with Crippen molar-refractivity contribution in [1.29, 1.82) is 0 Å². The lowest BCUT2D eigenvalue weighted by atomic mass is 10.3. The molecule has 1 aromatic heterocycles. The molecule has 0 bridgehead atoms. The van der Waals surface area contributed by atoms with Crippen molar-refractivity contribution in [3.8, 4) is 11.6 Å². The molecule has 92 valence electrons. The van der Waals surface area contributed by atoms with Crippen molar-refractivity contribution in [2.24, 2.45) is 0 Å². The summed E-state index contributed by atoms with van der Waals surface area (Å²) >= 11 is 3.17. The minimum absolute atomic E-state index is 0.125. The van der Waals surface area contributed by atoms with E-state index in [1.54, 1.807) is 18.2 Å². The summed E-state index contributed by atoms with van der Waals surface area (Å²) in [5, 5.41) is 10.9. The minimum atomic E-state index is -0.516. The monoisotopic (exact) mass is 309 g/mol. The number of aromatic nitrogens is 1. The topological polar surface area (TPSA) is 91.3 Å². The predicted octanol–water partition coefficient (Wildman–Crippen LogP) is 3.13. The molecule has 0 radical (unpaired) electrons. The molecule has 2 aromatic rings. The van der Waals surface area contributed by atoms with Crippen molar-refractivity contribution in [2.45, 2.75) is 0 Å². The number of nitrogens with zero attached hydrogens (tertiary/aromatic N) is 2. The van der Waals surface area contributed by atoms with E-state index in [2.05, 4.69) is 20.9 Å². The van der Waals surface area contributed by atoms with Gasteiger partial charge in [-0.05, 0) is 18.2 Å². The Labute approximate surface area is 111 Å². The standard InChI is InChI=1S/C11H8BrN3O3/c12-7-1-3-10(9(5-7)15(16)17)18-11-4-2-8(13)6-14-11/h1-6H,13H2. The van der Waals surface area contributed by atoms with Crippen LogP contribution in [0.4, 0.5) is 11.4 Å². The largest absolute Gasteiger partial charge is 0.432 e. The highest BCUT2D eigenvalue weighted by Crippen LogP contribution is 2.32. The summed E-state index contributed by atoms with van der Waals surface area (Å²) < 4.78 is 5.96. The number of pyridine rings is 1. The van der Waals surface area contributed by atoms with Crippen LogP contribution in [0.2, 0.25) is 0 Å². The summed E-state index contributed by atoms with van der Waals surface area (Å²) in [4.78, 5) is 14.3. The van der Waals surface area contributed by atoms with Gasteiger partial charge in [-0.15, -0.1) is 0 Å². The van der Waals surface area contributed by atoms with Crippen molar-refractivity contribution in [3.63, 3.8) is 0 Å². The molecule has 0 aliphatic carbocycles. The molecule has 0 aliphatic rings. The van der Waals surface area contributed by atoms with Gasteiger partial charge in [-0.3, -0.25) is 10.1 Å². The highest BCUT2D eigenvalue weighted by atomic mass is 79.9. The molecule has 6 nitrogen and oxygen atoms in total. The number of nitro benzene ring substituents is 1. The van der Waals surface area contributed by atoms with Gasteiger partial charge in [-0.25, -0.2) is 4.98 Å². The summed E-state index contributed by atoms with van der Waals surface area (Å²) in [7, 11) is 0. The number of ether oxygens (including phenoxy) is 1. The maximum absolute atomic E-state index is 10.9. The second-order valence-electron chi connectivity index (χ2n) is 3.40. The van der Waals surface area contributed by atoms with E-state index in [9.17, 15) is 10.1 Å². The normalized spacial score (nSPS) is 10.1. The Bertz CT molecular complexity index is 587. The third kappa shape index (κ3) is 2.75. The first-order valence-corrected chi connectivity index (χ1v) is 5.69. The quantitative estimate of drug-likeness (QED) is 0.694. The highest BCUT2D eigenvalue weighted by molar-refractivity contribution is 9.10. The summed E-state index contributed by atoms with van der Waals surface area (Å²) in [6, 6.07) is 7.67. The van der Waals surface area contributed by atoms with E-state index in [0.717, 1.165) is 0 Å². The fourth-order valence-electron chi connectivity index (χ4n) is 1.28. The van der Waals surface area contributed by atoms with Crippen LogP contribution in [-0.4, -0.2) is 9.91 Å². The molecular weight excluding hydrogens is 302 g/mol. The molecule has 7 heteroatoms. The fourth-order valence-corrected chi connectivity index (χ4v) is 1.63. The second-order valence-corrected chi connectivity index (χ2v) is 4.32. The van der Waals surface area contributed by atoms with Gasteiger partial charge >= 0.3 is 5.69 Å². The first kappa shape index (κ1) is 12.3. The van der Waals surface area contributed by atoms with Crippen LogP contribution in [0, 0.1) is 10.1 Å². The zero-order valence-corrected chi connectivity index (χ0v) is 10.6. The number of nitrogen functional groups attached to an aromatic ring is 1. The van der Waals surface area contributed by atoms with Crippen molar-refractivity contribution in [2.75, 3.05) is 5.73 Å². The SMILES string of the molecule is Nc1ccc(Oc2ccc(Br)cc2[N+](=O)[O-])nc1. The zero-order valence-electron chi connectivity index (χ0n) is 9.04. The fraction of sp³-hybridized carbons (Fsp3) is 0. The van der Waals surface area contributed by atoms with Crippen LogP contribution in [0.3, 0.4) is 0 Å². The van der Waals surface area contributed by atoms with Crippen molar-refractivity contribution in [1.82, 2.24) is 4.98 Å². The maximum Gasteiger partial charge on any atom is 0.312 e. The Hall–Kier alpha value is -2.15. The number of halogens is 1. The number of nitrogens with two attached hydrogens (primary N) is 1. The van der Waals surface area contributed by atoms with Crippen LogP contribution in [-0.2, 0) is 0 Å². The van der Waals surface area contributed by atoms with Crippen molar-refractivity contribution in [3.05, 3.63) is 51.1 Å². The van der Waals surface area contributed by atoms with Crippen LogP contribution in [0.5, 0.6) is 11.6 Å². The molecule has 0 fully saturated rings. The van der Waals surface area contributed by atoms with Crippen molar-refractivity contribution < 1.29 is 9.66 Å². The average Bonchev–Trinajstić information content (AvgIpc) is 2.34. The number of rotatable bonds is 3. The Morgan fingerprint density at radius 2 is 2.11 bits per heavy atom. The molecule has 0 saturated heterocycles. The highest BCUT2D eigenvalue weighted by Gasteiger charge is 2.16. The van der Waals surface area contributed by atoms with E-state index in [1.165, 1.54) is 18.3 Å². The van der Waals surface area contributed by atoms with Crippen molar-refractivity contribution >= 4 is 27.3 Å². The molecule has 0 unspecified atom stereocenters. The molecule has 0 aliphatic heterocycles. The van der Waals surface area contributed by atoms with Crippen LogP contribution in [0.1, 0.15) is 0 Å². The van der Waals surface area contributed by atoms with E-state index in [4.69, 9.17) is 10.5 Å². The molecular formula is C11H8BrN3O3. The van der Waals surface area contributed by atoms with Crippen LogP contribution >= 0.6 is 15.9 Å². The summed E-state index contributed by atoms with van der Waals surface area (Å²) in [5.74, 6) is 0.370. The zero-order chi connectivity index (χ0) is 13.1. The number of hydrogen-bond acceptors (Lipinski definition) is 5. The van der Waals surface area contributed by atoms with E-state index in [0.29, 0.717) is 10.2 Å². The Morgan fingerprint density at radius 1 is 1.33 bits per heavy atom. The van der Waals surface area contributed by atoms with Gasteiger partial charge in [0.2, 0.25) is 11.6 Å². The third-order valence-electron chi connectivity index (χ3n) is 2.09. The number of hydrogen-bond donors (Lipinski definition) is 1. The molecule has 1 heterocycles. The number of anilines is 1. The Balaban J connectivity index is 2.34. The van der Waals surface area contributed by atoms with Gasteiger partial charge in [-0.1, -0.05) is 15.9 Å². The molecule has 0 atom stereocenters. The third-order valence-corrected chi connectivity index (χ3v) is 2.58. The predicted molar refractivity (Wildman–Crippen MR) is 69.5 cm³/mol. The van der Waals surface area contributed by atoms with E-state index >= 15 is 0 Å². The molecule has 0 saturated carbocycles.